The van der Waals surface area contributed by atoms with Crippen molar-refractivity contribution in [3.63, 3.8) is 0 Å². The van der Waals surface area contributed by atoms with Gasteiger partial charge < -0.3 is 4.90 Å². The smallest absolute Gasteiger partial charge is 0.160 e. The highest BCUT2D eigenvalue weighted by Gasteiger charge is 2.07. The van der Waals surface area contributed by atoms with Gasteiger partial charge in [0.1, 0.15) is 0 Å². The summed E-state index contributed by atoms with van der Waals surface area (Å²) in [5.41, 5.74) is 0. The van der Waals surface area contributed by atoms with Crippen LogP contribution in [0.2, 0.25) is 0 Å². The number of nitrogens with one attached hydrogen (secondary N) is 1. The van der Waals surface area contributed by atoms with Crippen molar-refractivity contribution in [2.75, 3.05) is 7.05 Å². The Morgan fingerprint density at radius 1 is 1.69 bits per heavy atom. The summed E-state index contributed by atoms with van der Waals surface area (Å²) in [6.07, 6.45) is 5.34. The van der Waals surface area contributed by atoms with E-state index in [9.17, 15) is 0 Å². The summed E-state index contributed by atoms with van der Waals surface area (Å²) >= 11 is 1.61. The summed E-state index contributed by atoms with van der Waals surface area (Å²) in [6, 6.07) is 0. The van der Waals surface area contributed by atoms with Crippen molar-refractivity contribution in [1.82, 2.24) is 4.90 Å². The number of unbranched alkanes of at least 4 members (excludes halogenated alkanes) is 1. The van der Waals surface area contributed by atoms with Crippen LogP contribution >= 0.6 is 11.8 Å². The third-order valence-corrected chi connectivity index (χ3v) is 3.02. The Hall–Kier alpha value is -0.440. The van der Waals surface area contributed by atoms with Gasteiger partial charge in [-0.15, -0.1) is 0 Å². The molecule has 0 saturated carbocycles. The van der Waals surface area contributed by atoms with Crippen LogP contribution in [-0.2, 0) is 0 Å². The number of hydrogen-bond acceptors (Lipinski definition) is 2. The van der Waals surface area contributed by atoms with Crippen LogP contribution in [0.3, 0.4) is 0 Å². The van der Waals surface area contributed by atoms with E-state index in [-0.39, 0.29) is 0 Å². The average molecular weight is 200 g/mol. The third kappa shape index (κ3) is 5.75. The molecule has 13 heavy (non-hydrogen) atoms. The number of hydrogen-bond donors (Lipinski definition) is 1. The van der Waals surface area contributed by atoms with Crippen LogP contribution in [0.15, 0.2) is 12.8 Å². The molecule has 1 N–H and O–H groups in total. The maximum absolute atomic E-state index is 7.68. The molecule has 1 atom stereocenters. The monoisotopic (exact) mass is 200 g/mol. The molecule has 1 unspecified atom stereocenters. The van der Waals surface area contributed by atoms with E-state index >= 15 is 0 Å². The summed E-state index contributed by atoms with van der Waals surface area (Å²) in [5.74, 6) is 0. The number of rotatable bonds is 5. The minimum Gasteiger partial charge on any atom is -0.332 e. The van der Waals surface area contributed by atoms with Crippen LogP contribution in [0, 0.1) is 5.41 Å². The minimum absolute atomic E-state index is 0.537. The predicted octanol–water partition coefficient (Wildman–Crippen LogP) is 3.31. The zero-order chi connectivity index (χ0) is 10.3. The van der Waals surface area contributed by atoms with E-state index in [0.717, 1.165) is 0 Å². The maximum Gasteiger partial charge on any atom is 0.160 e. The highest BCUT2D eigenvalue weighted by molar-refractivity contribution is 8.14. The molecule has 76 valence electrons. The molecule has 0 amide bonds. The lowest BCUT2D eigenvalue weighted by Crippen LogP contribution is -2.18. The molecule has 0 fully saturated rings. The van der Waals surface area contributed by atoms with E-state index in [1.165, 1.54) is 19.3 Å². The van der Waals surface area contributed by atoms with Crippen molar-refractivity contribution in [3.05, 3.63) is 12.8 Å². The van der Waals surface area contributed by atoms with Crippen molar-refractivity contribution in [2.24, 2.45) is 0 Å². The molecule has 0 heterocycles. The van der Waals surface area contributed by atoms with Gasteiger partial charge in [0, 0.05) is 12.3 Å². The van der Waals surface area contributed by atoms with Crippen LogP contribution in [0.4, 0.5) is 0 Å². The Labute approximate surface area is 85.9 Å². The summed E-state index contributed by atoms with van der Waals surface area (Å²) < 4.78 is 0. The first-order chi connectivity index (χ1) is 6.11. The topological polar surface area (TPSA) is 27.1 Å². The normalized spacial score (nSPS) is 12.2. The van der Waals surface area contributed by atoms with Crippen molar-refractivity contribution in [3.8, 4) is 0 Å². The maximum atomic E-state index is 7.68. The Morgan fingerprint density at radius 2 is 2.31 bits per heavy atom. The van der Waals surface area contributed by atoms with Gasteiger partial charge >= 0.3 is 0 Å². The molecule has 0 aliphatic heterocycles. The van der Waals surface area contributed by atoms with Gasteiger partial charge in [0.05, 0.1) is 0 Å². The zero-order valence-electron chi connectivity index (χ0n) is 8.84. The molecular formula is C10H20N2S. The predicted molar refractivity (Wildman–Crippen MR) is 62.3 cm³/mol. The van der Waals surface area contributed by atoms with Crippen molar-refractivity contribution in [2.45, 2.75) is 38.4 Å². The molecule has 2 nitrogen and oxygen atoms in total. The van der Waals surface area contributed by atoms with Gasteiger partial charge in [-0.1, -0.05) is 45.0 Å². The Morgan fingerprint density at radius 3 is 2.77 bits per heavy atom. The van der Waals surface area contributed by atoms with E-state index in [0.29, 0.717) is 10.4 Å². The van der Waals surface area contributed by atoms with Crippen LogP contribution in [0.5, 0.6) is 0 Å². The van der Waals surface area contributed by atoms with Crippen molar-refractivity contribution >= 4 is 16.9 Å². The van der Waals surface area contributed by atoms with E-state index in [1.54, 1.807) is 22.9 Å². The highest BCUT2D eigenvalue weighted by atomic mass is 32.2. The first-order valence-corrected chi connectivity index (χ1v) is 5.60. The quantitative estimate of drug-likeness (QED) is 0.544. The minimum atomic E-state index is 0.537. The molecule has 0 aromatic heterocycles. The second kappa shape index (κ2) is 7.01. The largest absolute Gasteiger partial charge is 0.332 e. The molecule has 0 aliphatic carbocycles. The van der Waals surface area contributed by atoms with Crippen LogP contribution in [0.25, 0.3) is 0 Å². The summed E-state index contributed by atoms with van der Waals surface area (Å²) in [4.78, 5) is 1.74. The fourth-order valence-corrected chi connectivity index (χ4v) is 1.81. The second-order valence-electron chi connectivity index (χ2n) is 3.17. The highest BCUT2D eigenvalue weighted by Crippen LogP contribution is 2.18. The molecule has 0 aliphatic rings. The summed E-state index contributed by atoms with van der Waals surface area (Å²) in [5, 5.41) is 8.80. The van der Waals surface area contributed by atoms with Crippen molar-refractivity contribution in [1.29, 1.82) is 5.41 Å². The van der Waals surface area contributed by atoms with E-state index in [2.05, 4.69) is 20.4 Å². The fourth-order valence-electron chi connectivity index (χ4n) is 0.907. The molecule has 0 bridgehead atoms. The van der Waals surface area contributed by atoms with Crippen LogP contribution < -0.4 is 0 Å². The van der Waals surface area contributed by atoms with Gasteiger partial charge in [-0.2, -0.15) is 0 Å². The standard InChI is InChI=1S/C10H20N2S/c1-5-7-8-9(3)13-10(11)12(4)6-2/h6,9,11H,2,5,7-8H2,1,3-4H3. The molecular weight excluding hydrogens is 180 g/mol. The molecule has 0 aromatic rings. The van der Waals surface area contributed by atoms with Gasteiger partial charge in [0.2, 0.25) is 0 Å². The van der Waals surface area contributed by atoms with Crippen molar-refractivity contribution < 1.29 is 0 Å². The van der Waals surface area contributed by atoms with Gasteiger partial charge in [-0.05, 0) is 12.6 Å². The lowest BCUT2D eigenvalue weighted by molar-refractivity contribution is 0.693. The number of amidine groups is 1. The average Bonchev–Trinajstić information content (AvgIpc) is 2.13. The first kappa shape index (κ1) is 12.6. The third-order valence-electron chi connectivity index (χ3n) is 1.87. The molecule has 0 saturated heterocycles. The Balaban J connectivity index is 3.70. The SMILES string of the molecule is C=CN(C)C(=N)SC(C)CCCC. The molecule has 0 aromatic carbocycles. The lowest BCUT2D eigenvalue weighted by Gasteiger charge is -2.17. The molecule has 0 rings (SSSR count). The number of thioether (sulfide) groups is 1. The Bertz CT molecular complexity index is 168. The number of nitrogens with zero attached hydrogens (tertiary/aromatic N) is 1. The van der Waals surface area contributed by atoms with Crippen LogP contribution in [0.1, 0.15) is 33.1 Å². The summed E-state index contributed by atoms with van der Waals surface area (Å²) in [7, 11) is 1.86. The fraction of sp³-hybridized carbons (Fsp3) is 0.700. The zero-order valence-corrected chi connectivity index (χ0v) is 9.66. The Kier molecular flexibility index (Phi) is 6.77. The van der Waals surface area contributed by atoms with E-state index < -0.39 is 0 Å². The molecule has 0 spiro atoms. The first-order valence-electron chi connectivity index (χ1n) is 4.72. The lowest BCUT2D eigenvalue weighted by atomic mass is 10.2. The van der Waals surface area contributed by atoms with Gasteiger partial charge in [0.15, 0.2) is 5.17 Å². The molecule has 3 heteroatoms. The van der Waals surface area contributed by atoms with Gasteiger partial charge in [-0.25, -0.2) is 0 Å². The second-order valence-corrected chi connectivity index (χ2v) is 4.60. The molecule has 0 radical (unpaired) electrons. The van der Waals surface area contributed by atoms with E-state index in [1.807, 2.05) is 7.05 Å². The van der Waals surface area contributed by atoms with E-state index in [4.69, 9.17) is 5.41 Å². The van der Waals surface area contributed by atoms with Gasteiger partial charge in [0.25, 0.3) is 0 Å². The van der Waals surface area contributed by atoms with Crippen LogP contribution in [-0.4, -0.2) is 22.4 Å². The van der Waals surface area contributed by atoms with Gasteiger partial charge in [-0.3, -0.25) is 5.41 Å². The summed E-state index contributed by atoms with van der Waals surface area (Å²) in [6.45, 7) is 7.99.